The molecule has 0 bridgehead atoms. The zero-order chi connectivity index (χ0) is 11.1. The van der Waals surface area contributed by atoms with Crippen LogP contribution in [0.2, 0.25) is 0 Å². The molecule has 0 aromatic heterocycles. The van der Waals surface area contributed by atoms with E-state index < -0.39 is 12.0 Å². The van der Waals surface area contributed by atoms with Gasteiger partial charge in [-0.15, -0.1) is 0 Å². The van der Waals surface area contributed by atoms with Crippen molar-refractivity contribution in [2.45, 2.75) is 26.3 Å². The molecule has 5 heteroatoms. The Morgan fingerprint density at radius 2 is 2.00 bits per heavy atom. The molecule has 82 valence electrons. The van der Waals surface area contributed by atoms with Crippen molar-refractivity contribution in [3.8, 4) is 0 Å². The summed E-state index contributed by atoms with van der Waals surface area (Å²) in [5, 5.41) is 2.40. The molecule has 0 rings (SSSR count). The minimum Gasteiger partial charge on any atom is -0.468 e. The smallest absolute Gasteiger partial charge is 0.325 e. The van der Waals surface area contributed by atoms with Crippen molar-refractivity contribution >= 4 is 11.9 Å². The minimum atomic E-state index is -0.556. The third-order valence-electron chi connectivity index (χ3n) is 1.70. The molecule has 0 heterocycles. The van der Waals surface area contributed by atoms with Gasteiger partial charge < -0.3 is 15.8 Å². The Bertz CT molecular complexity index is 204. The van der Waals surface area contributed by atoms with Gasteiger partial charge >= 0.3 is 5.97 Å². The molecule has 14 heavy (non-hydrogen) atoms. The van der Waals surface area contributed by atoms with Crippen LogP contribution >= 0.6 is 0 Å². The summed E-state index contributed by atoms with van der Waals surface area (Å²) in [6.45, 7) is 3.84. The van der Waals surface area contributed by atoms with Crippen LogP contribution in [0, 0.1) is 5.92 Å². The normalized spacial score (nSPS) is 12.4. The molecule has 0 saturated carbocycles. The molecule has 0 aliphatic rings. The Morgan fingerprint density at radius 1 is 1.43 bits per heavy atom. The average molecular weight is 202 g/mol. The molecule has 1 atom stereocenters. The van der Waals surface area contributed by atoms with Gasteiger partial charge in [0.25, 0.3) is 0 Å². The number of hydrogen-bond acceptors (Lipinski definition) is 4. The third-order valence-corrected chi connectivity index (χ3v) is 1.70. The second kappa shape index (κ2) is 6.37. The lowest BCUT2D eigenvalue weighted by molar-refractivity contribution is -0.141. The van der Waals surface area contributed by atoms with Gasteiger partial charge in [-0.3, -0.25) is 9.59 Å². The van der Waals surface area contributed by atoms with Crippen molar-refractivity contribution in [1.29, 1.82) is 0 Å². The molecular formula is C9H18N2O3. The number of methoxy groups -OCH3 is 1. The lowest BCUT2D eigenvalue weighted by Gasteiger charge is -2.13. The first-order valence-corrected chi connectivity index (χ1v) is 4.57. The van der Waals surface area contributed by atoms with Gasteiger partial charge in [-0.1, -0.05) is 13.8 Å². The van der Waals surface area contributed by atoms with Crippen molar-refractivity contribution in [3.05, 3.63) is 0 Å². The summed E-state index contributed by atoms with van der Waals surface area (Å²) in [5.41, 5.74) is 5.58. The number of ether oxygens (including phenoxy) is 1. The fourth-order valence-electron chi connectivity index (χ4n) is 0.977. The van der Waals surface area contributed by atoms with E-state index in [-0.39, 0.29) is 12.5 Å². The van der Waals surface area contributed by atoms with Crippen LogP contribution in [0.4, 0.5) is 0 Å². The second-order valence-electron chi connectivity index (χ2n) is 3.53. The van der Waals surface area contributed by atoms with Gasteiger partial charge in [-0.2, -0.15) is 0 Å². The van der Waals surface area contributed by atoms with Crippen LogP contribution in [0.25, 0.3) is 0 Å². The van der Waals surface area contributed by atoms with Crippen LogP contribution < -0.4 is 11.1 Å². The SMILES string of the molecule is COC(=O)CNC(=O)C(N)CC(C)C. The number of carbonyl (C=O) groups excluding carboxylic acids is 2. The van der Waals surface area contributed by atoms with E-state index in [4.69, 9.17) is 5.73 Å². The van der Waals surface area contributed by atoms with Gasteiger partial charge in [0, 0.05) is 0 Å². The van der Waals surface area contributed by atoms with Crippen molar-refractivity contribution in [2.75, 3.05) is 13.7 Å². The summed E-state index contributed by atoms with van der Waals surface area (Å²) in [4.78, 5) is 21.9. The Hall–Kier alpha value is -1.10. The van der Waals surface area contributed by atoms with E-state index in [0.717, 1.165) is 0 Å². The number of rotatable bonds is 5. The predicted molar refractivity (Wildman–Crippen MR) is 52.5 cm³/mol. The topological polar surface area (TPSA) is 81.4 Å². The van der Waals surface area contributed by atoms with Gasteiger partial charge in [0.2, 0.25) is 5.91 Å². The Balaban J connectivity index is 3.78. The summed E-state index contributed by atoms with van der Waals surface area (Å²) in [7, 11) is 1.27. The van der Waals surface area contributed by atoms with E-state index in [1.165, 1.54) is 7.11 Å². The van der Waals surface area contributed by atoms with Gasteiger partial charge in [0.05, 0.1) is 13.2 Å². The standard InChI is InChI=1S/C9H18N2O3/c1-6(2)4-7(10)9(13)11-5-8(12)14-3/h6-7H,4-5,10H2,1-3H3,(H,11,13). The monoisotopic (exact) mass is 202 g/mol. The van der Waals surface area contributed by atoms with E-state index in [1.807, 2.05) is 13.8 Å². The zero-order valence-corrected chi connectivity index (χ0v) is 8.87. The summed E-state index contributed by atoms with van der Waals surface area (Å²) in [5.74, 6) is -0.437. The predicted octanol–water partition coefficient (Wildman–Crippen LogP) is -0.351. The maximum atomic E-state index is 11.3. The van der Waals surface area contributed by atoms with Gasteiger partial charge in [0.1, 0.15) is 6.54 Å². The molecule has 1 unspecified atom stereocenters. The van der Waals surface area contributed by atoms with Gasteiger partial charge in [-0.05, 0) is 12.3 Å². The quantitative estimate of drug-likeness (QED) is 0.597. The molecule has 0 aromatic carbocycles. The van der Waals surface area contributed by atoms with E-state index >= 15 is 0 Å². The molecule has 0 aromatic rings. The average Bonchev–Trinajstić information content (AvgIpc) is 2.12. The molecule has 0 aliphatic heterocycles. The molecule has 3 N–H and O–H groups in total. The fraction of sp³-hybridized carbons (Fsp3) is 0.778. The van der Waals surface area contributed by atoms with Crippen LogP contribution in [-0.4, -0.2) is 31.6 Å². The Labute approximate surface area is 84.0 Å². The highest BCUT2D eigenvalue weighted by molar-refractivity contribution is 5.85. The Kier molecular flexibility index (Phi) is 5.87. The van der Waals surface area contributed by atoms with Crippen LogP contribution in [0.15, 0.2) is 0 Å². The number of nitrogens with one attached hydrogen (secondary N) is 1. The molecule has 0 fully saturated rings. The number of esters is 1. The Morgan fingerprint density at radius 3 is 2.43 bits per heavy atom. The number of nitrogens with two attached hydrogens (primary N) is 1. The van der Waals surface area contributed by atoms with E-state index in [9.17, 15) is 9.59 Å². The first kappa shape index (κ1) is 12.9. The summed E-state index contributed by atoms with van der Waals surface area (Å²) < 4.78 is 4.37. The van der Waals surface area contributed by atoms with Crippen LogP contribution in [-0.2, 0) is 14.3 Å². The highest BCUT2D eigenvalue weighted by atomic mass is 16.5. The highest BCUT2D eigenvalue weighted by Gasteiger charge is 2.15. The maximum absolute atomic E-state index is 11.3. The lowest BCUT2D eigenvalue weighted by atomic mass is 10.0. The third kappa shape index (κ3) is 5.53. The molecule has 0 radical (unpaired) electrons. The first-order chi connectivity index (χ1) is 6.47. The van der Waals surface area contributed by atoms with Crippen molar-refractivity contribution in [2.24, 2.45) is 11.7 Å². The second-order valence-corrected chi connectivity index (χ2v) is 3.53. The number of carbonyl (C=O) groups is 2. The van der Waals surface area contributed by atoms with Crippen molar-refractivity contribution in [3.63, 3.8) is 0 Å². The largest absolute Gasteiger partial charge is 0.468 e. The van der Waals surface area contributed by atoms with Gasteiger partial charge in [0.15, 0.2) is 0 Å². The molecule has 5 nitrogen and oxygen atoms in total. The molecule has 0 aliphatic carbocycles. The van der Waals surface area contributed by atoms with Crippen molar-refractivity contribution in [1.82, 2.24) is 5.32 Å². The first-order valence-electron chi connectivity index (χ1n) is 4.57. The van der Waals surface area contributed by atoms with E-state index in [1.54, 1.807) is 0 Å². The van der Waals surface area contributed by atoms with E-state index in [2.05, 4.69) is 10.1 Å². The number of amides is 1. The van der Waals surface area contributed by atoms with E-state index in [0.29, 0.717) is 12.3 Å². The lowest BCUT2D eigenvalue weighted by Crippen LogP contribution is -2.43. The molecule has 0 spiro atoms. The minimum absolute atomic E-state index is 0.124. The summed E-state index contributed by atoms with van der Waals surface area (Å²) in [6, 6.07) is -0.556. The highest BCUT2D eigenvalue weighted by Crippen LogP contribution is 2.02. The zero-order valence-electron chi connectivity index (χ0n) is 8.87. The van der Waals surface area contributed by atoms with Crippen LogP contribution in [0.5, 0.6) is 0 Å². The summed E-state index contributed by atoms with van der Waals surface area (Å²) >= 11 is 0. The summed E-state index contributed by atoms with van der Waals surface area (Å²) in [6.07, 6.45) is 0.604. The molecular weight excluding hydrogens is 184 g/mol. The fourth-order valence-corrected chi connectivity index (χ4v) is 0.977. The number of hydrogen-bond donors (Lipinski definition) is 2. The van der Waals surface area contributed by atoms with Crippen molar-refractivity contribution < 1.29 is 14.3 Å². The van der Waals surface area contributed by atoms with Crippen LogP contribution in [0.3, 0.4) is 0 Å². The van der Waals surface area contributed by atoms with Gasteiger partial charge in [-0.25, -0.2) is 0 Å². The maximum Gasteiger partial charge on any atom is 0.325 e. The molecule has 1 amide bonds. The van der Waals surface area contributed by atoms with Crippen LogP contribution in [0.1, 0.15) is 20.3 Å². The molecule has 0 saturated heterocycles.